The first-order valence-corrected chi connectivity index (χ1v) is 6.74. The second kappa shape index (κ2) is 5.48. The number of carbonyl (C=O) groups excluding carboxylic acids is 1. The summed E-state index contributed by atoms with van der Waals surface area (Å²) < 4.78 is 2.79. The number of hydrogen-bond acceptors (Lipinski definition) is 2. The average molecular weight is 307 g/mol. The molecule has 94 valence electrons. The second-order valence-corrected chi connectivity index (χ2v) is 5.20. The Kier molecular flexibility index (Phi) is 3.97. The van der Waals surface area contributed by atoms with E-state index in [9.17, 15) is 4.79 Å². The van der Waals surface area contributed by atoms with Gasteiger partial charge in [0.2, 0.25) is 0 Å². The van der Waals surface area contributed by atoms with Crippen LogP contribution < -0.4 is 0 Å². The maximum absolute atomic E-state index is 12.3. The molecule has 0 unspecified atom stereocenters. The van der Waals surface area contributed by atoms with Gasteiger partial charge in [-0.1, -0.05) is 22.9 Å². The van der Waals surface area contributed by atoms with Crippen molar-refractivity contribution in [1.29, 1.82) is 0 Å². The van der Waals surface area contributed by atoms with E-state index in [4.69, 9.17) is 0 Å². The van der Waals surface area contributed by atoms with E-state index in [1.165, 1.54) is 0 Å². The molecule has 0 N–H and O–H groups in total. The maximum atomic E-state index is 12.3. The summed E-state index contributed by atoms with van der Waals surface area (Å²) in [6, 6.07) is 5.68. The van der Waals surface area contributed by atoms with Gasteiger partial charge in [0.05, 0.1) is 11.8 Å². The number of nitrogens with zero attached hydrogens (tertiary/aromatic N) is 2. The fraction of sp³-hybridized carbons (Fsp3) is 0.286. The van der Waals surface area contributed by atoms with Crippen molar-refractivity contribution in [3.63, 3.8) is 0 Å². The molecule has 2 rings (SSSR count). The predicted molar refractivity (Wildman–Crippen MR) is 74.8 cm³/mol. The second-order valence-electron chi connectivity index (χ2n) is 4.28. The average Bonchev–Trinajstić information content (AvgIpc) is 2.77. The first-order valence-electron chi connectivity index (χ1n) is 5.95. The minimum absolute atomic E-state index is 0.0300. The topological polar surface area (TPSA) is 34.9 Å². The number of hydrogen-bond donors (Lipinski definition) is 0. The van der Waals surface area contributed by atoms with Gasteiger partial charge in [-0.3, -0.25) is 9.48 Å². The summed E-state index contributed by atoms with van der Waals surface area (Å²) in [5.74, 6) is 0.0300. The molecule has 0 atom stereocenters. The van der Waals surface area contributed by atoms with Crippen molar-refractivity contribution >= 4 is 21.7 Å². The van der Waals surface area contributed by atoms with Crippen LogP contribution in [-0.4, -0.2) is 15.6 Å². The lowest BCUT2D eigenvalue weighted by atomic mass is 10.0. The number of benzene rings is 1. The number of aryl methyl sites for hydroxylation is 2. The molecule has 0 spiro atoms. The highest BCUT2D eigenvalue weighted by Crippen LogP contribution is 2.18. The molecule has 0 saturated heterocycles. The van der Waals surface area contributed by atoms with Crippen molar-refractivity contribution in [2.24, 2.45) is 0 Å². The van der Waals surface area contributed by atoms with E-state index in [-0.39, 0.29) is 5.78 Å². The van der Waals surface area contributed by atoms with Gasteiger partial charge in [-0.15, -0.1) is 0 Å². The van der Waals surface area contributed by atoms with Gasteiger partial charge in [0, 0.05) is 22.8 Å². The smallest absolute Gasteiger partial charge is 0.196 e. The molecule has 0 aliphatic rings. The Hall–Kier alpha value is -1.42. The van der Waals surface area contributed by atoms with Crippen LogP contribution in [0.25, 0.3) is 0 Å². The normalized spacial score (nSPS) is 10.6. The Labute approximate surface area is 115 Å². The molecule has 0 aliphatic carbocycles. The van der Waals surface area contributed by atoms with Crippen LogP contribution in [0, 0.1) is 6.92 Å². The van der Waals surface area contributed by atoms with Gasteiger partial charge in [-0.2, -0.15) is 5.10 Å². The molecule has 1 aromatic carbocycles. The molecular formula is C14H15BrN2O. The Balaban J connectivity index is 2.29. The summed E-state index contributed by atoms with van der Waals surface area (Å²) in [5.41, 5.74) is 2.35. The zero-order valence-corrected chi connectivity index (χ0v) is 12.1. The van der Waals surface area contributed by atoms with Gasteiger partial charge >= 0.3 is 0 Å². The van der Waals surface area contributed by atoms with Crippen molar-refractivity contribution in [3.05, 3.63) is 51.8 Å². The lowest BCUT2D eigenvalue weighted by molar-refractivity contribution is 0.103. The summed E-state index contributed by atoms with van der Waals surface area (Å²) in [6.07, 6.45) is 4.46. The van der Waals surface area contributed by atoms with Crippen molar-refractivity contribution in [3.8, 4) is 0 Å². The van der Waals surface area contributed by atoms with Gasteiger partial charge in [0.25, 0.3) is 0 Å². The van der Waals surface area contributed by atoms with E-state index in [1.807, 2.05) is 31.3 Å². The van der Waals surface area contributed by atoms with Gasteiger partial charge in [-0.05, 0) is 37.1 Å². The Morgan fingerprint density at radius 3 is 2.89 bits per heavy atom. The lowest BCUT2D eigenvalue weighted by Crippen LogP contribution is -2.03. The van der Waals surface area contributed by atoms with E-state index in [0.29, 0.717) is 5.56 Å². The van der Waals surface area contributed by atoms with Crippen molar-refractivity contribution in [1.82, 2.24) is 9.78 Å². The predicted octanol–water partition coefficient (Wildman–Crippen LogP) is 3.60. The molecule has 0 bridgehead atoms. The van der Waals surface area contributed by atoms with E-state index < -0.39 is 0 Å². The van der Waals surface area contributed by atoms with Crippen molar-refractivity contribution in [2.75, 3.05) is 0 Å². The highest BCUT2D eigenvalue weighted by Gasteiger charge is 2.13. The van der Waals surface area contributed by atoms with E-state index in [1.54, 1.807) is 10.9 Å². The highest BCUT2D eigenvalue weighted by molar-refractivity contribution is 9.10. The monoisotopic (exact) mass is 306 g/mol. The number of rotatable bonds is 4. The fourth-order valence-corrected chi connectivity index (χ4v) is 2.35. The van der Waals surface area contributed by atoms with Crippen LogP contribution in [0.15, 0.2) is 35.1 Å². The molecule has 0 amide bonds. The van der Waals surface area contributed by atoms with E-state index in [0.717, 1.165) is 28.6 Å². The van der Waals surface area contributed by atoms with Crippen LogP contribution in [-0.2, 0) is 6.54 Å². The molecule has 18 heavy (non-hydrogen) atoms. The van der Waals surface area contributed by atoms with Gasteiger partial charge in [0.15, 0.2) is 5.78 Å². The lowest BCUT2D eigenvalue weighted by Gasteiger charge is -2.03. The maximum Gasteiger partial charge on any atom is 0.196 e. The fourth-order valence-electron chi connectivity index (χ4n) is 1.87. The van der Waals surface area contributed by atoms with Crippen LogP contribution in [0.5, 0.6) is 0 Å². The van der Waals surface area contributed by atoms with Crippen LogP contribution in [0.2, 0.25) is 0 Å². The molecule has 0 radical (unpaired) electrons. The van der Waals surface area contributed by atoms with E-state index in [2.05, 4.69) is 28.0 Å². The zero-order chi connectivity index (χ0) is 13.1. The summed E-state index contributed by atoms with van der Waals surface area (Å²) in [5, 5.41) is 4.19. The number of halogens is 1. The van der Waals surface area contributed by atoms with Crippen LogP contribution in [0.4, 0.5) is 0 Å². The molecular weight excluding hydrogens is 292 g/mol. The first-order chi connectivity index (χ1) is 8.61. The van der Waals surface area contributed by atoms with Gasteiger partial charge < -0.3 is 0 Å². The minimum atomic E-state index is 0.0300. The summed E-state index contributed by atoms with van der Waals surface area (Å²) in [7, 11) is 0. The van der Waals surface area contributed by atoms with Crippen molar-refractivity contribution in [2.45, 2.75) is 26.8 Å². The summed E-state index contributed by atoms with van der Waals surface area (Å²) in [4.78, 5) is 12.3. The molecule has 4 heteroatoms. The summed E-state index contributed by atoms with van der Waals surface area (Å²) >= 11 is 3.40. The Morgan fingerprint density at radius 1 is 1.44 bits per heavy atom. The molecule has 0 aliphatic heterocycles. The number of aromatic nitrogens is 2. The molecule has 1 heterocycles. The third-order valence-electron chi connectivity index (χ3n) is 2.78. The summed E-state index contributed by atoms with van der Waals surface area (Å²) in [6.45, 7) is 4.86. The van der Waals surface area contributed by atoms with Crippen LogP contribution in [0.1, 0.15) is 34.8 Å². The van der Waals surface area contributed by atoms with E-state index >= 15 is 0 Å². The van der Waals surface area contributed by atoms with Crippen LogP contribution in [0.3, 0.4) is 0 Å². The molecule has 3 nitrogen and oxygen atoms in total. The number of carbonyl (C=O) groups is 1. The largest absolute Gasteiger partial charge is 0.288 e. The first kappa shape index (κ1) is 13.0. The van der Waals surface area contributed by atoms with Crippen molar-refractivity contribution < 1.29 is 4.79 Å². The molecule has 1 aromatic heterocycles. The van der Waals surface area contributed by atoms with Crippen LogP contribution >= 0.6 is 15.9 Å². The molecule has 0 fully saturated rings. The third kappa shape index (κ3) is 2.70. The quantitative estimate of drug-likeness (QED) is 0.809. The number of ketones is 1. The Bertz CT molecular complexity index is 575. The minimum Gasteiger partial charge on any atom is -0.288 e. The zero-order valence-electron chi connectivity index (χ0n) is 10.5. The van der Waals surface area contributed by atoms with Gasteiger partial charge in [-0.25, -0.2) is 0 Å². The SMILES string of the molecule is CCCn1cc(C(=O)c2ccc(Br)cc2C)cn1. The Morgan fingerprint density at radius 2 is 2.22 bits per heavy atom. The highest BCUT2D eigenvalue weighted by atomic mass is 79.9. The third-order valence-corrected chi connectivity index (χ3v) is 3.27. The van der Waals surface area contributed by atoms with Gasteiger partial charge in [0.1, 0.15) is 0 Å². The molecule has 0 saturated carbocycles. The standard InChI is InChI=1S/C14H15BrN2O/c1-3-6-17-9-11(8-16-17)14(18)13-5-4-12(15)7-10(13)2/h4-5,7-9H,3,6H2,1-2H3. The molecule has 2 aromatic rings.